The Hall–Kier alpha value is -0.810. The Morgan fingerprint density at radius 2 is 2.13 bits per heavy atom. The molecular formula is C9H10ClF3N2. The van der Waals surface area contributed by atoms with E-state index in [2.05, 4.69) is 4.98 Å². The molecule has 0 radical (unpaired) electrons. The number of pyridine rings is 1. The summed E-state index contributed by atoms with van der Waals surface area (Å²) in [6.07, 6.45) is -3.41. The maximum absolute atomic E-state index is 12.3. The summed E-state index contributed by atoms with van der Waals surface area (Å²) in [7, 11) is 0. The Morgan fingerprint density at radius 1 is 1.53 bits per heavy atom. The molecule has 84 valence electrons. The summed E-state index contributed by atoms with van der Waals surface area (Å²) in [4.78, 5) is 3.49. The molecular weight excluding hydrogens is 229 g/mol. The molecule has 0 unspecified atom stereocenters. The lowest BCUT2D eigenvalue weighted by Gasteiger charge is -2.11. The summed E-state index contributed by atoms with van der Waals surface area (Å²) in [5.74, 6) is 0. The summed E-state index contributed by atoms with van der Waals surface area (Å²) >= 11 is 5.66. The predicted molar refractivity (Wildman–Crippen MR) is 51.6 cm³/mol. The van der Waals surface area contributed by atoms with Crippen LogP contribution in [0.5, 0.6) is 0 Å². The van der Waals surface area contributed by atoms with Gasteiger partial charge in [0.15, 0.2) is 0 Å². The third-order valence-electron chi connectivity index (χ3n) is 1.78. The average Bonchev–Trinajstić information content (AvgIpc) is 2.06. The topological polar surface area (TPSA) is 38.9 Å². The van der Waals surface area contributed by atoms with Gasteiger partial charge in [0.25, 0.3) is 0 Å². The molecule has 0 aliphatic rings. The van der Waals surface area contributed by atoms with Crippen molar-refractivity contribution in [3.63, 3.8) is 0 Å². The number of aromatic nitrogens is 1. The van der Waals surface area contributed by atoms with E-state index < -0.39 is 11.7 Å². The van der Waals surface area contributed by atoms with Crippen molar-refractivity contribution in [1.29, 1.82) is 0 Å². The van der Waals surface area contributed by atoms with Gasteiger partial charge in [0, 0.05) is 12.2 Å². The molecule has 1 aromatic heterocycles. The van der Waals surface area contributed by atoms with Crippen LogP contribution in [0.2, 0.25) is 5.15 Å². The molecule has 0 aliphatic carbocycles. The minimum atomic E-state index is -4.40. The molecule has 0 aromatic carbocycles. The fourth-order valence-electron chi connectivity index (χ4n) is 1.14. The van der Waals surface area contributed by atoms with E-state index in [0.29, 0.717) is 11.8 Å². The number of alkyl halides is 3. The molecule has 1 rings (SSSR count). The number of hydrogen-bond acceptors (Lipinski definition) is 2. The van der Waals surface area contributed by atoms with E-state index in [1.54, 1.807) is 6.92 Å². The zero-order valence-electron chi connectivity index (χ0n) is 7.98. The molecule has 0 amide bonds. The van der Waals surface area contributed by atoms with Crippen molar-refractivity contribution in [3.05, 3.63) is 28.5 Å². The average molecular weight is 239 g/mol. The van der Waals surface area contributed by atoms with E-state index in [0.717, 1.165) is 6.07 Å². The molecule has 1 aromatic rings. The number of halogens is 4. The van der Waals surface area contributed by atoms with Crippen molar-refractivity contribution in [2.24, 2.45) is 5.73 Å². The molecule has 2 nitrogen and oxygen atoms in total. The fourth-order valence-corrected chi connectivity index (χ4v) is 1.32. The second kappa shape index (κ2) is 4.37. The molecule has 6 heteroatoms. The van der Waals surface area contributed by atoms with Crippen molar-refractivity contribution in [1.82, 2.24) is 4.98 Å². The molecule has 0 fully saturated rings. The van der Waals surface area contributed by atoms with Crippen LogP contribution in [0.1, 0.15) is 18.1 Å². The van der Waals surface area contributed by atoms with Crippen LogP contribution in [-0.2, 0) is 12.6 Å². The summed E-state index contributed by atoms with van der Waals surface area (Å²) in [5, 5.41) is 0.0697. The minimum Gasteiger partial charge on any atom is -0.328 e. The second-order valence-electron chi connectivity index (χ2n) is 3.35. The maximum atomic E-state index is 12.3. The molecule has 2 N–H and O–H groups in total. The molecule has 0 saturated heterocycles. The van der Waals surface area contributed by atoms with Crippen molar-refractivity contribution >= 4 is 11.6 Å². The van der Waals surface area contributed by atoms with E-state index in [9.17, 15) is 13.2 Å². The van der Waals surface area contributed by atoms with Crippen LogP contribution in [-0.4, -0.2) is 11.0 Å². The van der Waals surface area contributed by atoms with Crippen molar-refractivity contribution in [3.8, 4) is 0 Å². The molecule has 1 heterocycles. The zero-order chi connectivity index (χ0) is 11.6. The highest BCUT2D eigenvalue weighted by atomic mass is 35.5. The van der Waals surface area contributed by atoms with E-state index in [1.807, 2.05) is 0 Å². The van der Waals surface area contributed by atoms with Crippen LogP contribution in [0.25, 0.3) is 0 Å². The number of nitrogens with two attached hydrogens (primary N) is 1. The highest BCUT2D eigenvalue weighted by Crippen LogP contribution is 2.30. The number of rotatable bonds is 2. The van der Waals surface area contributed by atoms with E-state index >= 15 is 0 Å². The van der Waals surface area contributed by atoms with Crippen molar-refractivity contribution in [2.45, 2.75) is 25.6 Å². The van der Waals surface area contributed by atoms with Gasteiger partial charge in [0.2, 0.25) is 0 Å². The Kier molecular flexibility index (Phi) is 3.57. The van der Waals surface area contributed by atoms with Gasteiger partial charge in [-0.15, -0.1) is 0 Å². The van der Waals surface area contributed by atoms with Crippen LogP contribution < -0.4 is 5.73 Å². The summed E-state index contributed by atoms with van der Waals surface area (Å²) in [6.45, 7) is 1.69. The van der Waals surface area contributed by atoms with Crippen LogP contribution >= 0.6 is 11.6 Å². The summed E-state index contributed by atoms with van der Waals surface area (Å²) in [5.41, 5.74) is 5.00. The normalized spacial score (nSPS) is 14.0. The molecule has 15 heavy (non-hydrogen) atoms. The Bertz CT molecular complexity index is 350. The van der Waals surface area contributed by atoms with Gasteiger partial charge in [0.1, 0.15) is 5.15 Å². The monoisotopic (exact) mass is 238 g/mol. The minimum absolute atomic E-state index is 0.0697. The Labute approximate surface area is 90.3 Å². The van der Waals surface area contributed by atoms with Gasteiger partial charge < -0.3 is 5.73 Å². The Balaban J connectivity index is 3.06. The van der Waals surface area contributed by atoms with Gasteiger partial charge in [-0.3, -0.25) is 0 Å². The third-order valence-corrected chi connectivity index (χ3v) is 2.12. The van der Waals surface area contributed by atoms with Gasteiger partial charge >= 0.3 is 6.18 Å². The first-order valence-electron chi connectivity index (χ1n) is 4.28. The first kappa shape index (κ1) is 12.3. The standard InChI is InChI=1S/C9H10ClF3N2/c1-5(14)2-6-3-7(9(11,12)13)4-15-8(6)10/h3-5H,2,14H2,1H3/t5-/m0/s1. The van der Waals surface area contributed by atoms with Gasteiger partial charge in [-0.25, -0.2) is 4.98 Å². The second-order valence-corrected chi connectivity index (χ2v) is 3.71. The largest absolute Gasteiger partial charge is 0.417 e. The van der Waals surface area contributed by atoms with Gasteiger partial charge in [-0.2, -0.15) is 13.2 Å². The smallest absolute Gasteiger partial charge is 0.328 e. The summed E-state index contributed by atoms with van der Waals surface area (Å²) < 4.78 is 37.0. The van der Waals surface area contributed by atoms with Crippen molar-refractivity contribution < 1.29 is 13.2 Å². The first-order chi connectivity index (χ1) is 6.80. The lowest BCUT2D eigenvalue weighted by atomic mass is 10.1. The lowest BCUT2D eigenvalue weighted by molar-refractivity contribution is -0.137. The molecule has 1 atom stereocenters. The van der Waals surface area contributed by atoms with Crippen LogP contribution in [0.15, 0.2) is 12.3 Å². The maximum Gasteiger partial charge on any atom is 0.417 e. The van der Waals surface area contributed by atoms with Crippen LogP contribution in [0.3, 0.4) is 0 Å². The van der Waals surface area contributed by atoms with E-state index in [1.165, 1.54) is 0 Å². The van der Waals surface area contributed by atoms with E-state index in [4.69, 9.17) is 17.3 Å². The molecule has 0 spiro atoms. The van der Waals surface area contributed by atoms with Crippen LogP contribution in [0.4, 0.5) is 13.2 Å². The lowest BCUT2D eigenvalue weighted by Crippen LogP contribution is -2.19. The number of hydrogen-bond donors (Lipinski definition) is 1. The SMILES string of the molecule is C[C@H](N)Cc1cc(C(F)(F)F)cnc1Cl. The van der Waals surface area contributed by atoms with E-state index in [-0.39, 0.29) is 17.6 Å². The molecule has 0 saturated carbocycles. The Morgan fingerprint density at radius 3 is 2.60 bits per heavy atom. The molecule has 0 aliphatic heterocycles. The highest BCUT2D eigenvalue weighted by Gasteiger charge is 2.31. The quantitative estimate of drug-likeness (QED) is 0.805. The molecule has 0 bridgehead atoms. The van der Waals surface area contributed by atoms with Gasteiger partial charge in [-0.1, -0.05) is 11.6 Å². The van der Waals surface area contributed by atoms with Crippen molar-refractivity contribution in [2.75, 3.05) is 0 Å². The highest BCUT2D eigenvalue weighted by molar-refractivity contribution is 6.30. The first-order valence-corrected chi connectivity index (χ1v) is 4.65. The predicted octanol–water partition coefficient (Wildman–Crippen LogP) is 2.64. The van der Waals surface area contributed by atoms with Crippen LogP contribution in [0, 0.1) is 0 Å². The number of nitrogens with zero attached hydrogens (tertiary/aromatic N) is 1. The van der Waals surface area contributed by atoms with Gasteiger partial charge in [-0.05, 0) is 25.0 Å². The fraction of sp³-hybridized carbons (Fsp3) is 0.444. The summed E-state index contributed by atoms with van der Waals surface area (Å²) in [6, 6.07) is 0.728. The zero-order valence-corrected chi connectivity index (χ0v) is 8.73. The third kappa shape index (κ3) is 3.35. The van der Waals surface area contributed by atoms with Gasteiger partial charge in [0.05, 0.1) is 5.56 Å².